The van der Waals surface area contributed by atoms with Gasteiger partial charge in [-0.2, -0.15) is 0 Å². The molecule has 0 amide bonds. The van der Waals surface area contributed by atoms with Crippen molar-refractivity contribution in [1.82, 2.24) is 4.67 Å². The van der Waals surface area contributed by atoms with Crippen molar-refractivity contribution in [3.8, 4) is 0 Å². The van der Waals surface area contributed by atoms with E-state index in [1.807, 2.05) is 30.3 Å². The van der Waals surface area contributed by atoms with Crippen molar-refractivity contribution < 1.29 is 18.0 Å². The average Bonchev–Trinajstić information content (AvgIpc) is 2.40. The van der Waals surface area contributed by atoms with E-state index in [2.05, 4.69) is 0 Å². The highest BCUT2D eigenvalue weighted by Crippen LogP contribution is 2.51. The van der Waals surface area contributed by atoms with Crippen molar-refractivity contribution in [3.63, 3.8) is 0 Å². The molecule has 0 aliphatic heterocycles. The van der Waals surface area contributed by atoms with Gasteiger partial charge >= 0.3 is 7.83 Å². The van der Waals surface area contributed by atoms with Crippen LogP contribution in [0.15, 0.2) is 30.3 Å². The van der Waals surface area contributed by atoms with Gasteiger partial charge in [-0.05, 0) is 5.56 Å². The van der Waals surface area contributed by atoms with E-state index >= 15 is 0 Å². The lowest BCUT2D eigenvalue weighted by Gasteiger charge is -2.21. The maximum Gasteiger partial charge on any atom is 0.445 e. The van der Waals surface area contributed by atoms with Gasteiger partial charge < -0.3 is 4.74 Å². The van der Waals surface area contributed by atoms with Crippen LogP contribution in [0, 0.1) is 0 Å². The van der Waals surface area contributed by atoms with Crippen LogP contribution in [-0.2, 0) is 20.4 Å². The molecular weight excluding hydrogens is 268 g/mol. The molecule has 0 N–H and O–H groups in total. The Labute approximate surface area is 114 Å². The third-order valence-electron chi connectivity index (χ3n) is 2.66. The Balaban J connectivity index is 2.22. The van der Waals surface area contributed by atoms with Crippen LogP contribution < -0.4 is 0 Å². The van der Waals surface area contributed by atoms with E-state index in [0.29, 0.717) is 19.7 Å². The predicted octanol–water partition coefficient (Wildman–Crippen LogP) is 3.64. The summed E-state index contributed by atoms with van der Waals surface area (Å²) < 4.78 is 36.6. The van der Waals surface area contributed by atoms with Gasteiger partial charge in [0.2, 0.25) is 0 Å². The highest BCUT2D eigenvalue weighted by atomic mass is 31.2. The van der Waals surface area contributed by atoms with Crippen LogP contribution in [-0.4, -0.2) is 31.0 Å². The van der Waals surface area contributed by atoms with E-state index in [9.17, 15) is 8.76 Å². The quantitative estimate of drug-likeness (QED) is 0.514. The molecule has 0 aliphatic rings. The summed E-state index contributed by atoms with van der Waals surface area (Å²) in [5.74, 6) is 0. The summed E-state index contributed by atoms with van der Waals surface area (Å²) in [7, 11) is -4.16. The molecule has 0 aromatic heterocycles. The largest absolute Gasteiger partial charge is 0.445 e. The van der Waals surface area contributed by atoms with E-state index in [1.54, 1.807) is 13.8 Å². The van der Waals surface area contributed by atoms with E-state index < -0.39 is 7.83 Å². The molecule has 1 unspecified atom stereocenters. The Morgan fingerprint density at radius 2 is 1.79 bits per heavy atom. The summed E-state index contributed by atoms with van der Waals surface area (Å²) >= 11 is 0. The molecule has 1 atom stereocenters. The Morgan fingerprint density at radius 3 is 2.37 bits per heavy atom. The number of ether oxygens (including phenoxy) is 1. The molecule has 1 aromatic carbocycles. The van der Waals surface area contributed by atoms with Gasteiger partial charge in [0.25, 0.3) is 0 Å². The summed E-state index contributed by atoms with van der Waals surface area (Å²) in [6, 6.07) is 9.65. The van der Waals surface area contributed by atoms with Gasteiger partial charge in [-0.25, -0.2) is 9.24 Å². The van der Waals surface area contributed by atoms with E-state index in [1.165, 1.54) is 4.67 Å². The molecule has 0 heterocycles. The maximum atomic E-state index is 13.7. The fraction of sp³-hybridized carbons (Fsp3) is 0.538. The Morgan fingerprint density at radius 1 is 1.16 bits per heavy atom. The molecule has 1 rings (SSSR count). The molecule has 0 saturated heterocycles. The lowest BCUT2D eigenvalue weighted by molar-refractivity contribution is 0.0822. The van der Waals surface area contributed by atoms with Crippen molar-refractivity contribution in [2.75, 3.05) is 26.3 Å². The standard InChI is InChI=1S/C13H21FNO3P/c1-3-15(4-2)19(14,16)18-11-10-17-12-13-8-6-5-7-9-13/h5-9H,3-4,10-12H2,1-2H3. The number of halogens is 1. The lowest BCUT2D eigenvalue weighted by atomic mass is 10.2. The van der Waals surface area contributed by atoms with Gasteiger partial charge in [0.05, 0.1) is 19.8 Å². The first-order valence-corrected chi connectivity index (χ1v) is 7.88. The van der Waals surface area contributed by atoms with Crippen molar-refractivity contribution in [2.24, 2.45) is 0 Å². The number of hydrogen-bond acceptors (Lipinski definition) is 3. The Bertz CT molecular complexity index is 398. The van der Waals surface area contributed by atoms with Crippen LogP contribution in [0.25, 0.3) is 0 Å². The molecule has 0 saturated carbocycles. The number of hydrogen-bond donors (Lipinski definition) is 0. The highest BCUT2D eigenvalue weighted by Gasteiger charge is 2.29. The summed E-state index contributed by atoms with van der Waals surface area (Å²) in [6.45, 7) is 4.83. The second-order valence-corrected chi connectivity index (χ2v) is 5.69. The number of benzene rings is 1. The molecule has 19 heavy (non-hydrogen) atoms. The number of rotatable bonds is 9. The summed E-state index contributed by atoms with van der Waals surface area (Å²) in [4.78, 5) is 0. The maximum absolute atomic E-state index is 13.7. The SMILES string of the molecule is CCN(CC)P(=O)(F)OCCOCc1ccccc1. The lowest BCUT2D eigenvalue weighted by Crippen LogP contribution is -2.19. The van der Waals surface area contributed by atoms with Gasteiger partial charge in [0, 0.05) is 13.1 Å². The average molecular weight is 289 g/mol. The smallest absolute Gasteiger partial charge is 0.374 e. The van der Waals surface area contributed by atoms with Gasteiger partial charge in [-0.15, -0.1) is 4.20 Å². The number of nitrogens with zero attached hydrogens (tertiary/aromatic N) is 1. The van der Waals surface area contributed by atoms with E-state index in [0.717, 1.165) is 5.56 Å². The first-order chi connectivity index (χ1) is 9.10. The molecule has 0 bridgehead atoms. The third kappa shape index (κ3) is 5.83. The Hall–Kier alpha value is -0.740. The molecule has 6 heteroatoms. The van der Waals surface area contributed by atoms with Crippen molar-refractivity contribution >= 4 is 7.83 Å². The molecule has 0 radical (unpaired) electrons. The summed E-state index contributed by atoms with van der Waals surface area (Å²) in [5, 5.41) is 0. The van der Waals surface area contributed by atoms with Crippen molar-refractivity contribution in [3.05, 3.63) is 35.9 Å². The van der Waals surface area contributed by atoms with E-state index in [4.69, 9.17) is 9.26 Å². The predicted molar refractivity (Wildman–Crippen MR) is 73.7 cm³/mol. The minimum atomic E-state index is -4.16. The molecule has 4 nitrogen and oxygen atoms in total. The molecule has 1 aromatic rings. The first-order valence-electron chi connectivity index (χ1n) is 6.41. The second kappa shape index (κ2) is 8.43. The fourth-order valence-electron chi connectivity index (χ4n) is 1.62. The molecule has 0 aliphatic carbocycles. The Kier molecular flexibility index (Phi) is 7.24. The normalized spacial score (nSPS) is 14.5. The molecule has 0 spiro atoms. The fourth-order valence-corrected chi connectivity index (χ4v) is 2.75. The zero-order valence-electron chi connectivity index (χ0n) is 11.4. The van der Waals surface area contributed by atoms with Crippen LogP contribution in [0.3, 0.4) is 0 Å². The van der Waals surface area contributed by atoms with Crippen molar-refractivity contribution in [1.29, 1.82) is 0 Å². The molecule has 0 fully saturated rings. The third-order valence-corrected chi connectivity index (χ3v) is 4.40. The van der Waals surface area contributed by atoms with Gasteiger partial charge in [-0.3, -0.25) is 4.52 Å². The first kappa shape index (κ1) is 16.3. The molecule has 108 valence electrons. The van der Waals surface area contributed by atoms with Crippen LogP contribution in [0.1, 0.15) is 19.4 Å². The van der Waals surface area contributed by atoms with Gasteiger partial charge in [0.1, 0.15) is 0 Å². The van der Waals surface area contributed by atoms with Gasteiger partial charge in [-0.1, -0.05) is 44.2 Å². The van der Waals surface area contributed by atoms with Crippen LogP contribution >= 0.6 is 7.83 Å². The monoisotopic (exact) mass is 289 g/mol. The minimum absolute atomic E-state index is 0.0168. The van der Waals surface area contributed by atoms with Crippen molar-refractivity contribution in [2.45, 2.75) is 20.5 Å². The topological polar surface area (TPSA) is 38.8 Å². The van der Waals surface area contributed by atoms with Crippen LogP contribution in [0.2, 0.25) is 0 Å². The van der Waals surface area contributed by atoms with Crippen LogP contribution in [0.5, 0.6) is 0 Å². The van der Waals surface area contributed by atoms with Crippen LogP contribution in [0.4, 0.5) is 4.20 Å². The zero-order chi connectivity index (χ0) is 14.1. The van der Waals surface area contributed by atoms with E-state index in [-0.39, 0.29) is 13.2 Å². The minimum Gasteiger partial charge on any atom is -0.374 e. The summed E-state index contributed by atoms with van der Waals surface area (Å²) in [6.07, 6.45) is 0. The van der Waals surface area contributed by atoms with Gasteiger partial charge in [0.15, 0.2) is 0 Å². The second-order valence-electron chi connectivity index (χ2n) is 3.96. The zero-order valence-corrected chi connectivity index (χ0v) is 12.3. The summed E-state index contributed by atoms with van der Waals surface area (Å²) in [5.41, 5.74) is 1.04. The highest BCUT2D eigenvalue weighted by molar-refractivity contribution is 7.50. The molecular formula is C13H21FNO3P.